The maximum absolute atomic E-state index is 12.4. The zero-order chi connectivity index (χ0) is 14.0. The van der Waals surface area contributed by atoms with E-state index in [1.54, 1.807) is 37.4 Å². The molecule has 0 fully saturated rings. The molecule has 2 nitrogen and oxygen atoms in total. The van der Waals surface area contributed by atoms with Gasteiger partial charge in [0.1, 0.15) is 5.75 Å². The molecule has 0 amide bonds. The van der Waals surface area contributed by atoms with Gasteiger partial charge in [0.2, 0.25) is 0 Å². The van der Waals surface area contributed by atoms with Crippen molar-refractivity contribution in [2.24, 2.45) is 0 Å². The van der Waals surface area contributed by atoms with Gasteiger partial charge in [-0.15, -0.1) is 0 Å². The van der Waals surface area contributed by atoms with Crippen LogP contribution in [0, 0.1) is 3.57 Å². The van der Waals surface area contributed by atoms with Crippen LogP contribution in [-0.4, -0.2) is 12.9 Å². The fourth-order valence-corrected chi connectivity index (χ4v) is 2.65. The lowest BCUT2D eigenvalue weighted by Crippen LogP contribution is -2.03. The largest absolute Gasteiger partial charge is 0.497 e. The fourth-order valence-electron chi connectivity index (χ4n) is 1.60. The maximum atomic E-state index is 12.4. The van der Waals surface area contributed by atoms with Crippen LogP contribution in [0.1, 0.15) is 15.9 Å². The summed E-state index contributed by atoms with van der Waals surface area (Å²) in [5.74, 6) is 0.622. The normalized spacial score (nSPS) is 10.3. The number of methoxy groups -OCH3 is 1. The van der Waals surface area contributed by atoms with Crippen LogP contribution in [0.2, 0.25) is 5.02 Å². The highest BCUT2D eigenvalue weighted by atomic mass is 127. The average Bonchev–Trinajstić information content (AvgIpc) is 2.41. The Morgan fingerprint density at radius 3 is 2.58 bits per heavy atom. The van der Waals surface area contributed by atoms with Crippen LogP contribution in [0.25, 0.3) is 0 Å². The number of benzene rings is 2. The van der Waals surface area contributed by atoms with Gasteiger partial charge in [-0.1, -0.05) is 11.6 Å². The first-order valence-corrected chi connectivity index (χ1v) is 7.61. The molecule has 0 aliphatic carbocycles. The predicted octanol–water partition coefficient (Wildman–Crippen LogP) is 4.95. The number of hydrogen-bond acceptors (Lipinski definition) is 2. The Morgan fingerprint density at radius 2 is 2.00 bits per heavy atom. The molecule has 2 aromatic carbocycles. The molecule has 0 heterocycles. The van der Waals surface area contributed by atoms with Gasteiger partial charge in [0, 0.05) is 19.2 Å². The first-order valence-electron chi connectivity index (χ1n) is 5.36. The summed E-state index contributed by atoms with van der Waals surface area (Å²) in [6.07, 6.45) is 0. The minimum Gasteiger partial charge on any atom is -0.497 e. The predicted molar refractivity (Wildman–Crippen MR) is 88.3 cm³/mol. The van der Waals surface area contributed by atoms with Crippen LogP contribution >= 0.6 is 50.1 Å². The van der Waals surface area contributed by atoms with Gasteiger partial charge in [-0.05, 0) is 74.9 Å². The smallest absolute Gasteiger partial charge is 0.194 e. The Balaban J connectivity index is 2.41. The number of ether oxygens (including phenoxy) is 1. The lowest BCUT2D eigenvalue weighted by molar-refractivity contribution is 0.103. The van der Waals surface area contributed by atoms with E-state index < -0.39 is 0 Å². The van der Waals surface area contributed by atoms with Crippen molar-refractivity contribution in [3.63, 3.8) is 0 Å². The summed E-state index contributed by atoms with van der Waals surface area (Å²) in [6, 6.07) is 10.5. The average molecular weight is 451 g/mol. The van der Waals surface area contributed by atoms with E-state index in [0.717, 1.165) is 3.57 Å². The van der Waals surface area contributed by atoms with Crippen LogP contribution in [0.15, 0.2) is 40.9 Å². The maximum Gasteiger partial charge on any atom is 0.194 e. The molecule has 0 aromatic heterocycles. The van der Waals surface area contributed by atoms with Gasteiger partial charge in [-0.25, -0.2) is 0 Å². The van der Waals surface area contributed by atoms with Gasteiger partial charge >= 0.3 is 0 Å². The van der Waals surface area contributed by atoms with Crippen LogP contribution in [0.3, 0.4) is 0 Å². The second-order valence-electron chi connectivity index (χ2n) is 3.80. The van der Waals surface area contributed by atoms with Crippen molar-refractivity contribution in [2.75, 3.05) is 7.11 Å². The number of carbonyl (C=O) groups is 1. The van der Waals surface area contributed by atoms with Gasteiger partial charge < -0.3 is 4.74 Å². The highest BCUT2D eigenvalue weighted by Gasteiger charge is 2.14. The van der Waals surface area contributed by atoms with E-state index in [9.17, 15) is 4.79 Å². The molecular weight excluding hydrogens is 442 g/mol. The quantitative estimate of drug-likeness (QED) is 0.488. The standard InChI is InChI=1S/C14H9BrClIO2/c1-19-9-3-4-10(11(15)7-9)14(18)8-2-5-13(17)12(16)6-8/h2-7H,1H3. The molecule has 0 saturated heterocycles. The van der Waals surface area contributed by atoms with E-state index in [0.29, 0.717) is 26.4 Å². The van der Waals surface area contributed by atoms with Crippen molar-refractivity contribution in [3.05, 3.63) is 60.6 Å². The van der Waals surface area contributed by atoms with Crippen molar-refractivity contribution < 1.29 is 9.53 Å². The van der Waals surface area contributed by atoms with E-state index in [-0.39, 0.29) is 5.78 Å². The molecule has 0 unspecified atom stereocenters. The molecule has 0 spiro atoms. The summed E-state index contributed by atoms with van der Waals surface area (Å²) >= 11 is 11.6. The van der Waals surface area contributed by atoms with Crippen LogP contribution in [-0.2, 0) is 0 Å². The third-order valence-corrected chi connectivity index (χ3v) is 4.83. The molecule has 0 N–H and O–H groups in total. The van der Waals surface area contributed by atoms with Crippen molar-refractivity contribution in [1.29, 1.82) is 0 Å². The second kappa shape index (κ2) is 6.24. The van der Waals surface area contributed by atoms with Crippen LogP contribution < -0.4 is 4.74 Å². The van der Waals surface area contributed by atoms with Crippen molar-refractivity contribution in [1.82, 2.24) is 0 Å². The highest BCUT2D eigenvalue weighted by molar-refractivity contribution is 14.1. The number of carbonyl (C=O) groups excluding carboxylic acids is 1. The number of ketones is 1. The van der Waals surface area contributed by atoms with Crippen LogP contribution in [0.5, 0.6) is 5.75 Å². The third-order valence-electron chi connectivity index (χ3n) is 2.60. The van der Waals surface area contributed by atoms with E-state index in [1.807, 2.05) is 6.07 Å². The molecule has 19 heavy (non-hydrogen) atoms. The van der Waals surface area contributed by atoms with E-state index in [1.165, 1.54) is 0 Å². The molecule has 0 aliphatic heterocycles. The fraction of sp³-hybridized carbons (Fsp3) is 0.0714. The Kier molecular flexibility index (Phi) is 4.86. The molecule has 0 aliphatic rings. The topological polar surface area (TPSA) is 26.3 Å². The zero-order valence-corrected chi connectivity index (χ0v) is 14.4. The molecule has 98 valence electrons. The summed E-state index contributed by atoms with van der Waals surface area (Å²) in [6.45, 7) is 0. The van der Waals surface area contributed by atoms with Crippen molar-refractivity contribution >= 4 is 55.9 Å². The molecule has 0 bridgehead atoms. The highest BCUT2D eigenvalue weighted by Crippen LogP contribution is 2.27. The van der Waals surface area contributed by atoms with Crippen molar-refractivity contribution in [2.45, 2.75) is 0 Å². The van der Waals surface area contributed by atoms with Gasteiger partial charge in [0.25, 0.3) is 0 Å². The molecule has 0 saturated carbocycles. The van der Waals surface area contributed by atoms with E-state index in [2.05, 4.69) is 38.5 Å². The number of halogens is 3. The third kappa shape index (κ3) is 3.30. The van der Waals surface area contributed by atoms with Gasteiger partial charge in [0.15, 0.2) is 5.78 Å². The Morgan fingerprint density at radius 1 is 1.26 bits per heavy atom. The summed E-state index contributed by atoms with van der Waals surface area (Å²) < 4.78 is 6.73. The minimum absolute atomic E-state index is 0.0761. The van der Waals surface area contributed by atoms with E-state index in [4.69, 9.17) is 16.3 Å². The lowest BCUT2D eigenvalue weighted by Gasteiger charge is -2.07. The molecule has 2 rings (SSSR count). The summed E-state index contributed by atoms with van der Waals surface area (Å²) in [7, 11) is 1.59. The molecule has 5 heteroatoms. The van der Waals surface area contributed by atoms with Gasteiger partial charge in [0.05, 0.1) is 12.1 Å². The van der Waals surface area contributed by atoms with Gasteiger partial charge in [-0.3, -0.25) is 4.79 Å². The molecule has 0 atom stereocenters. The SMILES string of the molecule is COc1ccc(C(=O)c2ccc(I)c(Cl)c2)c(Br)c1. The lowest BCUT2D eigenvalue weighted by atomic mass is 10.0. The molecule has 0 radical (unpaired) electrons. The summed E-state index contributed by atoms with van der Waals surface area (Å²) in [4.78, 5) is 12.4. The van der Waals surface area contributed by atoms with E-state index >= 15 is 0 Å². The first kappa shape index (κ1) is 14.8. The first-order chi connectivity index (χ1) is 9.02. The number of hydrogen-bond donors (Lipinski definition) is 0. The van der Waals surface area contributed by atoms with Crippen molar-refractivity contribution in [3.8, 4) is 5.75 Å². The van der Waals surface area contributed by atoms with Gasteiger partial charge in [-0.2, -0.15) is 0 Å². The Bertz CT molecular complexity index is 643. The molecule has 2 aromatic rings. The summed E-state index contributed by atoms with van der Waals surface area (Å²) in [5, 5.41) is 0.580. The zero-order valence-electron chi connectivity index (χ0n) is 9.91. The second-order valence-corrected chi connectivity index (χ2v) is 6.23. The summed E-state index contributed by atoms with van der Waals surface area (Å²) in [5.41, 5.74) is 1.15. The Hall–Kier alpha value is -0.590. The number of rotatable bonds is 3. The van der Waals surface area contributed by atoms with Crippen LogP contribution in [0.4, 0.5) is 0 Å². The minimum atomic E-state index is -0.0761. The molecular formula is C14H9BrClIO2. The Labute approximate surface area is 138 Å². The monoisotopic (exact) mass is 450 g/mol.